The second kappa shape index (κ2) is 7.97. The van der Waals surface area contributed by atoms with E-state index >= 15 is 0 Å². The summed E-state index contributed by atoms with van der Waals surface area (Å²) < 4.78 is 23.9. The summed E-state index contributed by atoms with van der Waals surface area (Å²) in [5.74, 6) is 0.289. The van der Waals surface area contributed by atoms with E-state index in [0.29, 0.717) is 27.3 Å². The molecule has 0 saturated heterocycles. The average Bonchev–Trinajstić information content (AvgIpc) is 3.38. The first-order valence-electron chi connectivity index (χ1n) is 8.21. The number of halogens is 1. The van der Waals surface area contributed by atoms with Gasteiger partial charge in [0.05, 0.1) is 0 Å². The Hall–Kier alpha value is -3.59. The molecule has 3 heterocycles. The first-order chi connectivity index (χ1) is 13.7. The van der Waals surface area contributed by atoms with Crippen LogP contribution in [-0.2, 0) is 6.61 Å². The van der Waals surface area contributed by atoms with Crippen molar-refractivity contribution in [1.29, 1.82) is 0 Å². The minimum atomic E-state index is -0.447. The number of rotatable bonds is 6. The number of carbonyl (C=O) groups is 1. The van der Waals surface area contributed by atoms with Crippen LogP contribution in [0.1, 0.15) is 16.3 Å². The number of nitrogens with zero attached hydrogens (tertiary/aromatic N) is 3. The molecule has 0 unspecified atom stereocenters. The van der Waals surface area contributed by atoms with Crippen molar-refractivity contribution in [1.82, 2.24) is 15.2 Å². The number of benzene rings is 1. The molecule has 0 spiro atoms. The lowest BCUT2D eigenvalue weighted by atomic mass is 10.3. The number of hydrogen-bond donors (Lipinski definition) is 1. The van der Waals surface area contributed by atoms with E-state index in [1.165, 1.54) is 35.6 Å². The lowest BCUT2D eigenvalue weighted by Crippen LogP contribution is -2.10. The van der Waals surface area contributed by atoms with Crippen LogP contribution in [0.4, 0.5) is 9.52 Å². The van der Waals surface area contributed by atoms with Gasteiger partial charge in [-0.3, -0.25) is 15.1 Å². The molecule has 0 aliphatic carbocycles. The van der Waals surface area contributed by atoms with Gasteiger partial charge in [-0.15, -0.1) is 10.2 Å². The van der Waals surface area contributed by atoms with Gasteiger partial charge in [0.2, 0.25) is 5.13 Å². The number of carbonyl (C=O) groups excluding carboxylic acids is 1. The van der Waals surface area contributed by atoms with Gasteiger partial charge in [-0.1, -0.05) is 17.4 Å². The smallest absolute Gasteiger partial charge is 0.293 e. The summed E-state index contributed by atoms with van der Waals surface area (Å²) in [6, 6.07) is 14.3. The molecule has 0 bridgehead atoms. The predicted octanol–water partition coefficient (Wildman–Crippen LogP) is 4.16. The fraction of sp³-hybridized carbons (Fsp3) is 0.0526. The summed E-state index contributed by atoms with van der Waals surface area (Å²) >= 11 is 1.21. The van der Waals surface area contributed by atoms with Gasteiger partial charge < -0.3 is 9.15 Å². The summed E-state index contributed by atoms with van der Waals surface area (Å²) in [5, 5.41) is 11.6. The summed E-state index contributed by atoms with van der Waals surface area (Å²) in [7, 11) is 0. The molecule has 1 aromatic carbocycles. The lowest BCUT2D eigenvalue weighted by molar-refractivity contribution is 0.0992. The molecule has 3 aromatic heterocycles. The van der Waals surface area contributed by atoms with Crippen molar-refractivity contribution >= 4 is 22.4 Å². The van der Waals surface area contributed by atoms with Gasteiger partial charge in [-0.25, -0.2) is 4.39 Å². The molecular formula is C19H13FN4O3S. The molecular weight excluding hydrogens is 383 g/mol. The van der Waals surface area contributed by atoms with Crippen molar-refractivity contribution in [2.45, 2.75) is 6.61 Å². The fourth-order valence-corrected chi connectivity index (χ4v) is 3.00. The lowest BCUT2D eigenvalue weighted by Gasteiger charge is -2.03. The molecule has 140 valence electrons. The molecule has 0 atom stereocenters. The van der Waals surface area contributed by atoms with E-state index in [2.05, 4.69) is 20.5 Å². The van der Waals surface area contributed by atoms with Crippen molar-refractivity contribution in [3.63, 3.8) is 0 Å². The zero-order valence-electron chi connectivity index (χ0n) is 14.3. The zero-order chi connectivity index (χ0) is 19.3. The van der Waals surface area contributed by atoms with Gasteiger partial charge in [0.15, 0.2) is 10.8 Å². The number of furan rings is 1. The zero-order valence-corrected chi connectivity index (χ0v) is 15.1. The van der Waals surface area contributed by atoms with Crippen LogP contribution in [-0.4, -0.2) is 21.1 Å². The van der Waals surface area contributed by atoms with Gasteiger partial charge in [-0.05, 0) is 48.5 Å². The number of anilines is 1. The predicted molar refractivity (Wildman–Crippen MR) is 101 cm³/mol. The number of nitrogens with one attached hydrogen (secondary N) is 1. The number of ether oxygens (including phenoxy) is 1. The van der Waals surface area contributed by atoms with Crippen molar-refractivity contribution in [3.8, 4) is 16.5 Å². The molecule has 28 heavy (non-hydrogen) atoms. The topological polar surface area (TPSA) is 90.1 Å². The van der Waals surface area contributed by atoms with E-state index in [4.69, 9.17) is 9.15 Å². The highest BCUT2D eigenvalue weighted by Crippen LogP contribution is 2.25. The van der Waals surface area contributed by atoms with Crippen molar-refractivity contribution < 1.29 is 18.3 Å². The second-order valence-electron chi connectivity index (χ2n) is 5.59. The number of aromatic nitrogens is 3. The average molecular weight is 396 g/mol. The standard InChI is InChI=1S/C19H13FN4O3S/c20-12-4-6-13(7-5-12)26-11-14-8-9-16(27-14)17(25)22-19-24-23-18(28-19)15-3-1-2-10-21-15/h1-10H,11H2,(H,22,24,25). The summed E-state index contributed by atoms with van der Waals surface area (Å²) in [6.45, 7) is 0.113. The molecule has 0 aliphatic rings. The van der Waals surface area contributed by atoms with Crippen LogP contribution in [0.2, 0.25) is 0 Å². The molecule has 4 aromatic rings. The maximum atomic E-state index is 12.9. The molecule has 1 N–H and O–H groups in total. The monoisotopic (exact) mass is 396 g/mol. The van der Waals surface area contributed by atoms with E-state index in [9.17, 15) is 9.18 Å². The Kier molecular flexibility index (Phi) is 5.07. The fourth-order valence-electron chi connectivity index (χ4n) is 2.29. The van der Waals surface area contributed by atoms with Crippen molar-refractivity contribution in [2.24, 2.45) is 0 Å². The van der Waals surface area contributed by atoms with Gasteiger partial charge in [0.25, 0.3) is 5.91 Å². The molecule has 0 radical (unpaired) electrons. The highest BCUT2D eigenvalue weighted by molar-refractivity contribution is 7.18. The largest absolute Gasteiger partial charge is 0.486 e. The molecule has 4 rings (SSSR count). The van der Waals surface area contributed by atoms with E-state index in [0.717, 1.165) is 0 Å². The Bertz CT molecular complexity index is 1080. The summed E-state index contributed by atoms with van der Waals surface area (Å²) in [4.78, 5) is 16.5. The molecule has 1 amide bonds. The minimum Gasteiger partial charge on any atom is -0.486 e. The van der Waals surface area contributed by atoms with Crippen LogP contribution in [0.25, 0.3) is 10.7 Å². The number of amides is 1. The molecule has 0 aliphatic heterocycles. The third-order valence-corrected chi connectivity index (χ3v) is 4.47. The van der Waals surface area contributed by atoms with Gasteiger partial charge in [0, 0.05) is 6.20 Å². The molecule has 0 fully saturated rings. The number of hydrogen-bond acceptors (Lipinski definition) is 7. The van der Waals surface area contributed by atoms with Crippen LogP contribution in [0.3, 0.4) is 0 Å². The normalized spacial score (nSPS) is 10.6. The summed E-state index contributed by atoms with van der Waals surface area (Å²) in [6.07, 6.45) is 1.66. The van der Waals surface area contributed by atoms with Gasteiger partial charge in [-0.2, -0.15) is 0 Å². The van der Waals surface area contributed by atoms with Crippen LogP contribution < -0.4 is 10.1 Å². The van der Waals surface area contributed by atoms with E-state index < -0.39 is 5.91 Å². The van der Waals surface area contributed by atoms with E-state index in [-0.39, 0.29) is 18.2 Å². The SMILES string of the molecule is O=C(Nc1nnc(-c2ccccn2)s1)c1ccc(COc2ccc(F)cc2)o1. The Labute approximate surface area is 162 Å². The van der Waals surface area contributed by atoms with Gasteiger partial charge in [0.1, 0.15) is 29.6 Å². The first kappa shape index (κ1) is 17.8. The maximum absolute atomic E-state index is 12.9. The quantitative estimate of drug-likeness (QED) is 0.526. The van der Waals surface area contributed by atoms with Crippen LogP contribution >= 0.6 is 11.3 Å². The minimum absolute atomic E-state index is 0.113. The Balaban J connectivity index is 1.37. The van der Waals surface area contributed by atoms with Crippen molar-refractivity contribution in [2.75, 3.05) is 5.32 Å². The van der Waals surface area contributed by atoms with Crippen LogP contribution in [0.15, 0.2) is 65.2 Å². The molecule has 9 heteroatoms. The third kappa shape index (κ3) is 4.21. The Morgan fingerprint density at radius 2 is 1.96 bits per heavy atom. The molecule has 0 saturated carbocycles. The first-order valence-corrected chi connectivity index (χ1v) is 9.02. The maximum Gasteiger partial charge on any atom is 0.293 e. The highest BCUT2D eigenvalue weighted by atomic mass is 32.1. The van der Waals surface area contributed by atoms with Gasteiger partial charge >= 0.3 is 0 Å². The second-order valence-corrected chi connectivity index (χ2v) is 6.57. The molecule has 7 nitrogen and oxygen atoms in total. The Morgan fingerprint density at radius 1 is 1.11 bits per heavy atom. The van der Waals surface area contributed by atoms with Crippen molar-refractivity contribution in [3.05, 3.63) is 78.1 Å². The summed E-state index contributed by atoms with van der Waals surface area (Å²) in [5.41, 5.74) is 0.679. The highest BCUT2D eigenvalue weighted by Gasteiger charge is 2.15. The Morgan fingerprint density at radius 3 is 2.75 bits per heavy atom. The van der Waals surface area contributed by atoms with Crippen LogP contribution in [0, 0.1) is 5.82 Å². The van der Waals surface area contributed by atoms with Crippen LogP contribution in [0.5, 0.6) is 5.75 Å². The van der Waals surface area contributed by atoms with E-state index in [1.807, 2.05) is 18.2 Å². The third-order valence-electron chi connectivity index (χ3n) is 3.61. The number of pyridine rings is 1. The van der Waals surface area contributed by atoms with E-state index in [1.54, 1.807) is 18.3 Å².